The quantitative estimate of drug-likeness (QED) is 0.726. The summed E-state index contributed by atoms with van der Waals surface area (Å²) >= 11 is 0. The first-order chi connectivity index (χ1) is 9.66. The fourth-order valence-corrected chi connectivity index (χ4v) is 1.94. The molecule has 2 rings (SSSR count). The van der Waals surface area contributed by atoms with Crippen LogP contribution < -0.4 is 9.47 Å². The van der Waals surface area contributed by atoms with Gasteiger partial charge in [0, 0.05) is 6.07 Å². The van der Waals surface area contributed by atoms with Crippen LogP contribution in [0.2, 0.25) is 0 Å². The predicted octanol–water partition coefficient (Wildman–Crippen LogP) is 4.41. The lowest BCUT2D eigenvalue weighted by Crippen LogP contribution is -2.10. The molecule has 0 aliphatic rings. The topological polar surface area (TPSA) is 18.5 Å². The van der Waals surface area contributed by atoms with E-state index in [1.165, 1.54) is 12.1 Å². The summed E-state index contributed by atoms with van der Waals surface area (Å²) in [7, 11) is 0. The maximum atomic E-state index is 13.3. The van der Waals surface area contributed by atoms with Crippen molar-refractivity contribution in [3.8, 4) is 11.5 Å². The summed E-state index contributed by atoms with van der Waals surface area (Å²) in [5.41, 5.74) is 1.01. The predicted molar refractivity (Wildman–Crippen MR) is 77.9 cm³/mol. The minimum Gasteiger partial charge on any atom is -0.490 e. The Morgan fingerprint density at radius 2 is 1.65 bits per heavy atom. The molecule has 0 N–H and O–H groups in total. The third-order valence-corrected chi connectivity index (χ3v) is 2.95. The van der Waals surface area contributed by atoms with Gasteiger partial charge in [-0.25, -0.2) is 4.39 Å². The monoisotopic (exact) mass is 274 g/mol. The van der Waals surface area contributed by atoms with Crippen LogP contribution in [-0.2, 0) is 0 Å². The largest absolute Gasteiger partial charge is 0.490 e. The number of hydrogen-bond donors (Lipinski definition) is 0. The molecule has 0 aliphatic carbocycles. The second-order valence-electron chi connectivity index (χ2n) is 4.85. The zero-order chi connectivity index (χ0) is 14.4. The van der Waals surface area contributed by atoms with E-state index in [0.717, 1.165) is 11.3 Å². The van der Waals surface area contributed by atoms with Gasteiger partial charge >= 0.3 is 0 Å². The summed E-state index contributed by atoms with van der Waals surface area (Å²) in [5.74, 6) is 1.41. The van der Waals surface area contributed by atoms with Crippen LogP contribution in [0.3, 0.4) is 0 Å². The molecule has 0 spiro atoms. The maximum absolute atomic E-state index is 13.3. The minimum absolute atomic E-state index is 0.284. The zero-order valence-electron chi connectivity index (χ0n) is 11.8. The molecule has 0 aliphatic heterocycles. The molecule has 2 aromatic rings. The Morgan fingerprint density at radius 1 is 0.950 bits per heavy atom. The molecular formula is C17H19FO2. The van der Waals surface area contributed by atoms with Crippen molar-refractivity contribution in [1.29, 1.82) is 0 Å². The number of ether oxygens (including phenoxy) is 2. The highest BCUT2D eigenvalue weighted by Crippen LogP contribution is 2.27. The lowest BCUT2D eigenvalue weighted by molar-refractivity contribution is 0.215. The number of rotatable bonds is 6. The van der Waals surface area contributed by atoms with Gasteiger partial charge in [-0.3, -0.25) is 0 Å². The van der Waals surface area contributed by atoms with Gasteiger partial charge in [0.25, 0.3) is 0 Å². The van der Waals surface area contributed by atoms with Crippen molar-refractivity contribution >= 4 is 0 Å². The normalized spacial score (nSPS) is 10.6. The molecule has 106 valence electrons. The van der Waals surface area contributed by atoms with Crippen molar-refractivity contribution in [2.75, 3.05) is 13.2 Å². The van der Waals surface area contributed by atoms with Crippen LogP contribution in [0.15, 0.2) is 48.5 Å². The van der Waals surface area contributed by atoms with E-state index >= 15 is 0 Å². The molecule has 0 atom stereocenters. The van der Waals surface area contributed by atoms with Crippen LogP contribution in [0.4, 0.5) is 4.39 Å². The molecule has 0 unspecified atom stereocenters. The first-order valence-corrected chi connectivity index (χ1v) is 6.77. The Kier molecular flexibility index (Phi) is 4.99. The average Bonchev–Trinajstić information content (AvgIpc) is 2.44. The summed E-state index contributed by atoms with van der Waals surface area (Å²) in [6.07, 6.45) is 0. The Morgan fingerprint density at radius 3 is 2.35 bits per heavy atom. The first kappa shape index (κ1) is 14.4. The van der Waals surface area contributed by atoms with Crippen LogP contribution in [-0.4, -0.2) is 13.2 Å². The zero-order valence-corrected chi connectivity index (χ0v) is 11.8. The first-order valence-electron chi connectivity index (χ1n) is 6.77. The van der Waals surface area contributed by atoms with Gasteiger partial charge in [-0.2, -0.15) is 0 Å². The van der Waals surface area contributed by atoms with E-state index in [0.29, 0.717) is 24.9 Å². The molecule has 2 aromatic carbocycles. The molecule has 0 fully saturated rings. The van der Waals surface area contributed by atoms with Crippen molar-refractivity contribution < 1.29 is 13.9 Å². The number of hydrogen-bond acceptors (Lipinski definition) is 2. The highest BCUT2D eigenvalue weighted by Gasteiger charge is 2.09. The molecule has 0 aromatic heterocycles. The Hall–Kier alpha value is -2.03. The van der Waals surface area contributed by atoms with E-state index in [2.05, 4.69) is 13.8 Å². The lowest BCUT2D eigenvalue weighted by Gasteiger charge is -2.14. The van der Waals surface area contributed by atoms with Gasteiger partial charge in [0.15, 0.2) is 0 Å². The van der Waals surface area contributed by atoms with E-state index < -0.39 is 0 Å². The van der Waals surface area contributed by atoms with Crippen LogP contribution in [0.25, 0.3) is 0 Å². The summed E-state index contributed by atoms with van der Waals surface area (Å²) in [6.45, 7) is 4.93. The molecule has 3 heteroatoms. The van der Waals surface area contributed by atoms with E-state index in [9.17, 15) is 4.39 Å². The molecule has 2 nitrogen and oxygen atoms in total. The van der Waals surface area contributed by atoms with Crippen molar-refractivity contribution in [1.82, 2.24) is 0 Å². The average molecular weight is 274 g/mol. The molecule has 0 heterocycles. The molecular weight excluding hydrogens is 255 g/mol. The summed E-state index contributed by atoms with van der Waals surface area (Å²) in [4.78, 5) is 0. The van der Waals surface area contributed by atoms with E-state index in [1.54, 1.807) is 6.07 Å². The minimum atomic E-state index is -0.284. The molecule has 0 saturated carbocycles. The van der Waals surface area contributed by atoms with Crippen LogP contribution in [0.5, 0.6) is 11.5 Å². The third kappa shape index (κ3) is 3.98. The van der Waals surface area contributed by atoms with E-state index in [1.807, 2.05) is 30.3 Å². The second kappa shape index (κ2) is 6.94. The number of halogens is 1. The Labute approximate surface area is 119 Å². The van der Waals surface area contributed by atoms with Gasteiger partial charge in [0.1, 0.15) is 30.5 Å². The molecule has 0 saturated heterocycles. The highest BCUT2D eigenvalue weighted by atomic mass is 19.1. The number of para-hydroxylation sites is 1. The van der Waals surface area contributed by atoms with Crippen molar-refractivity contribution in [2.45, 2.75) is 19.8 Å². The molecule has 0 radical (unpaired) electrons. The fourth-order valence-electron chi connectivity index (χ4n) is 1.94. The van der Waals surface area contributed by atoms with Crippen LogP contribution >= 0.6 is 0 Å². The molecule has 20 heavy (non-hydrogen) atoms. The highest BCUT2D eigenvalue weighted by molar-refractivity contribution is 5.36. The second-order valence-corrected chi connectivity index (χ2v) is 4.85. The van der Waals surface area contributed by atoms with E-state index in [-0.39, 0.29) is 5.82 Å². The lowest BCUT2D eigenvalue weighted by atomic mass is 10.0. The van der Waals surface area contributed by atoms with Crippen LogP contribution in [0, 0.1) is 5.82 Å². The van der Waals surface area contributed by atoms with Crippen molar-refractivity contribution in [3.63, 3.8) is 0 Å². The number of benzene rings is 2. The molecule has 0 amide bonds. The van der Waals surface area contributed by atoms with Gasteiger partial charge in [-0.1, -0.05) is 38.1 Å². The van der Waals surface area contributed by atoms with E-state index in [4.69, 9.17) is 9.47 Å². The standard InChI is InChI=1S/C17H19FO2/c1-13(2)16-9-8-14(18)12-17(16)20-11-10-19-15-6-4-3-5-7-15/h3-9,12-13H,10-11H2,1-2H3. The van der Waals surface area contributed by atoms with Crippen molar-refractivity contribution in [2.24, 2.45) is 0 Å². The summed E-state index contributed by atoms with van der Waals surface area (Å²) in [5, 5.41) is 0. The van der Waals surface area contributed by atoms with Crippen molar-refractivity contribution in [3.05, 3.63) is 59.9 Å². The van der Waals surface area contributed by atoms with Gasteiger partial charge in [-0.15, -0.1) is 0 Å². The van der Waals surface area contributed by atoms with Crippen LogP contribution in [0.1, 0.15) is 25.3 Å². The van der Waals surface area contributed by atoms with Gasteiger partial charge < -0.3 is 9.47 Å². The maximum Gasteiger partial charge on any atom is 0.126 e. The SMILES string of the molecule is CC(C)c1ccc(F)cc1OCCOc1ccccc1. The van der Waals surface area contributed by atoms with Gasteiger partial charge in [0.2, 0.25) is 0 Å². The van der Waals surface area contributed by atoms with Gasteiger partial charge in [0.05, 0.1) is 0 Å². The summed E-state index contributed by atoms with van der Waals surface area (Å²) in [6, 6.07) is 14.2. The smallest absolute Gasteiger partial charge is 0.126 e. The Bertz CT molecular complexity index is 538. The third-order valence-electron chi connectivity index (χ3n) is 2.95. The summed E-state index contributed by atoms with van der Waals surface area (Å²) < 4.78 is 24.4. The van der Waals surface area contributed by atoms with Gasteiger partial charge in [-0.05, 0) is 29.7 Å². The Balaban J connectivity index is 1.89. The fraction of sp³-hybridized carbons (Fsp3) is 0.294. The molecule has 0 bridgehead atoms.